The van der Waals surface area contributed by atoms with Crippen molar-refractivity contribution in [3.8, 4) is 0 Å². The highest BCUT2D eigenvalue weighted by Gasteiger charge is 2.26. The Labute approximate surface area is 104 Å². The first-order chi connectivity index (χ1) is 7.72. The molecule has 0 spiro atoms. The monoisotopic (exact) mass is 256 g/mol. The van der Waals surface area contributed by atoms with Gasteiger partial charge in [0.15, 0.2) is 6.29 Å². The predicted molar refractivity (Wildman–Crippen MR) is 66.5 cm³/mol. The third kappa shape index (κ3) is 2.42. The van der Waals surface area contributed by atoms with Gasteiger partial charge in [-0.3, -0.25) is 4.79 Å². The van der Waals surface area contributed by atoms with Crippen molar-refractivity contribution >= 4 is 29.6 Å². The fourth-order valence-electron chi connectivity index (χ4n) is 1.76. The second-order valence-corrected chi connectivity index (χ2v) is 5.48. The van der Waals surface area contributed by atoms with Crippen molar-refractivity contribution < 1.29 is 9.53 Å². The van der Waals surface area contributed by atoms with Crippen molar-refractivity contribution in [3.05, 3.63) is 28.8 Å². The van der Waals surface area contributed by atoms with Gasteiger partial charge in [-0.15, -0.1) is 11.8 Å². The van der Waals surface area contributed by atoms with E-state index in [0.717, 1.165) is 24.2 Å². The van der Waals surface area contributed by atoms with Crippen LogP contribution < -0.4 is 0 Å². The minimum atomic E-state index is 0.239. The second-order valence-electron chi connectivity index (χ2n) is 3.79. The van der Waals surface area contributed by atoms with Gasteiger partial charge in [0.25, 0.3) is 0 Å². The molecule has 1 aliphatic heterocycles. The molecule has 0 bridgehead atoms. The van der Waals surface area contributed by atoms with E-state index in [9.17, 15) is 4.79 Å². The summed E-state index contributed by atoms with van der Waals surface area (Å²) in [6.07, 6.45) is 2.09. The SMILES string of the molecule is CC1OCCC1Sc1cccc(Cl)c1C=O. The van der Waals surface area contributed by atoms with E-state index in [1.165, 1.54) is 0 Å². The fraction of sp³-hybridized carbons (Fsp3) is 0.417. The highest BCUT2D eigenvalue weighted by Crippen LogP contribution is 2.35. The molecule has 1 aliphatic rings. The molecule has 16 heavy (non-hydrogen) atoms. The van der Waals surface area contributed by atoms with Crippen LogP contribution >= 0.6 is 23.4 Å². The summed E-state index contributed by atoms with van der Waals surface area (Å²) in [6, 6.07) is 5.55. The number of hydrogen-bond acceptors (Lipinski definition) is 3. The molecule has 4 heteroatoms. The molecule has 2 nitrogen and oxygen atoms in total. The summed E-state index contributed by atoms with van der Waals surface area (Å²) in [5, 5.41) is 0.934. The normalized spacial score (nSPS) is 24.6. The Morgan fingerprint density at radius 3 is 3.00 bits per heavy atom. The van der Waals surface area contributed by atoms with Crippen molar-refractivity contribution in [3.63, 3.8) is 0 Å². The van der Waals surface area contributed by atoms with Gasteiger partial charge in [-0.1, -0.05) is 17.7 Å². The molecular formula is C12H13ClO2S. The van der Waals surface area contributed by atoms with Gasteiger partial charge in [-0.2, -0.15) is 0 Å². The second kappa shape index (κ2) is 5.21. The first kappa shape index (κ1) is 12.0. The molecule has 1 aromatic rings. The zero-order chi connectivity index (χ0) is 11.5. The van der Waals surface area contributed by atoms with Crippen LogP contribution in [-0.2, 0) is 4.74 Å². The number of hydrogen-bond donors (Lipinski definition) is 0. The van der Waals surface area contributed by atoms with Gasteiger partial charge in [0.1, 0.15) is 0 Å². The molecule has 0 aromatic heterocycles. The Balaban J connectivity index is 2.20. The van der Waals surface area contributed by atoms with Crippen LogP contribution in [0.3, 0.4) is 0 Å². The van der Waals surface area contributed by atoms with E-state index in [1.807, 2.05) is 12.1 Å². The number of benzene rings is 1. The number of halogens is 1. The molecular weight excluding hydrogens is 244 g/mol. The number of ether oxygens (including phenoxy) is 1. The topological polar surface area (TPSA) is 26.3 Å². The Morgan fingerprint density at radius 1 is 1.56 bits per heavy atom. The average Bonchev–Trinajstić information content (AvgIpc) is 2.65. The van der Waals surface area contributed by atoms with Crippen molar-refractivity contribution in [1.29, 1.82) is 0 Å². The lowest BCUT2D eigenvalue weighted by molar-refractivity contribution is 0.112. The Bertz CT molecular complexity index is 395. The third-order valence-electron chi connectivity index (χ3n) is 2.72. The lowest BCUT2D eigenvalue weighted by Crippen LogP contribution is -2.13. The molecule has 0 radical (unpaired) electrons. The predicted octanol–water partition coefficient (Wildman–Crippen LogP) is 3.42. The Hall–Kier alpha value is -0.510. The third-order valence-corrected chi connectivity index (χ3v) is 4.58. The quantitative estimate of drug-likeness (QED) is 0.775. The summed E-state index contributed by atoms with van der Waals surface area (Å²) in [4.78, 5) is 11.9. The van der Waals surface area contributed by atoms with Crippen molar-refractivity contribution in [2.75, 3.05) is 6.61 Å². The van der Waals surface area contributed by atoms with E-state index in [4.69, 9.17) is 16.3 Å². The van der Waals surface area contributed by atoms with Gasteiger partial charge in [0, 0.05) is 22.3 Å². The van der Waals surface area contributed by atoms with Crippen LogP contribution in [0.5, 0.6) is 0 Å². The maximum Gasteiger partial charge on any atom is 0.152 e. The number of rotatable bonds is 3. The minimum absolute atomic E-state index is 0.239. The van der Waals surface area contributed by atoms with E-state index in [1.54, 1.807) is 17.8 Å². The fourth-order valence-corrected chi connectivity index (χ4v) is 3.29. The molecule has 0 saturated carbocycles. The van der Waals surface area contributed by atoms with Crippen molar-refractivity contribution in [2.45, 2.75) is 29.6 Å². The van der Waals surface area contributed by atoms with Crippen LogP contribution in [0.25, 0.3) is 0 Å². The van der Waals surface area contributed by atoms with Crippen molar-refractivity contribution in [2.24, 2.45) is 0 Å². The summed E-state index contributed by atoms with van der Waals surface area (Å²) in [5.74, 6) is 0. The number of carbonyl (C=O) groups excluding carboxylic acids is 1. The molecule has 0 N–H and O–H groups in total. The molecule has 2 rings (SSSR count). The smallest absolute Gasteiger partial charge is 0.152 e. The van der Waals surface area contributed by atoms with Crippen LogP contribution in [0.4, 0.5) is 0 Å². The van der Waals surface area contributed by atoms with E-state index >= 15 is 0 Å². The van der Waals surface area contributed by atoms with Gasteiger partial charge < -0.3 is 4.74 Å². The zero-order valence-corrected chi connectivity index (χ0v) is 10.6. The first-order valence-corrected chi connectivity index (χ1v) is 6.50. The lowest BCUT2D eigenvalue weighted by Gasteiger charge is -2.14. The highest BCUT2D eigenvalue weighted by atomic mass is 35.5. The molecule has 2 atom stereocenters. The maximum atomic E-state index is 11.0. The van der Waals surface area contributed by atoms with Crippen molar-refractivity contribution in [1.82, 2.24) is 0 Å². The number of carbonyl (C=O) groups is 1. The van der Waals surface area contributed by atoms with E-state index in [2.05, 4.69) is 6.92 Å². The molecule has 1 saturated heterocycles. The van der Waals surface area contributed by atoms with Crippen LogP contribution in [-0.4, -0.2) is 24.2 Å². The molecule has 1 aromatic carbocycles. The van der Waals surface area contributed by atoms with Gasteiger partial charge in [-0.05, 0) is 25.5 Å². The minimum Gasteiger partial charge on any atom is -0.377 e. The first-order valence-electron chi connectivity index (χ1n) is 5.24. The highest BCUT2D eigenvalue weighted by molar-refractivity contribution is 8.00. The van der Waals surface area contributed by atoms with Gasteiger partial charge in [0.2, 0.25) is 0 Å². The summed E-state index contributed by atoms with van der Waals surface area (Å²) in [7, 11) is 0. The maximum absolute atomic E-state index is 11.0. The van der Waals surface area contributed by atoms with E-state index < -0.39 is 0 Å². The summed E-state index contributed by atoms with van der Waals surface area (Å²) < 4.78 is 5.50. The molecule has 2 unspecified atom stereocenters. The standard InChI is InChI=1S/C12H13ClO2S/c1-8-11(5-6-15-8)16-12-4-2-3-10(13)9(12)7-14/h2-4,7-8,11H,5-6H2,1H3. The Kier molecular flexibility index (Phi) is 3.90. The zero-order valence-electron chi connectivity index (χ0n) is 8.98. The molecule has 1 fully saturated rings. The summed E-state index contributed by atoms with van der Waals surface area (Å²) in [6.45, 7) is 2.87. The molecule has 0 amide bonds. The number of aldehydes is 1. The Morgan fingerprint density at radius 2 is 2.38 bits per heavy atom. The van der Waals surface area contributed by atoms with Crippen LogP contribution in [0.1, 0.15) is 23.7 Å². The van der Waals surface area contributed by atoms with Gasteiger partial charge >= 0.3 is 0 Å². The van der Waals surface area contributed by atoms with E-state index in [0.29, 0.717) is 15.8 Å². The van der Waals surface area contributed by atoms with E-state index in [-0.39, 0.29) is 6.10 Å². The largest absolute Gasteiger partial charge is 0.377 e. The summed E-state index contributed by atoms with van der Waals surface area (Å²) >= 11 is 7.66. The van der Waals surface area contributed by atoms with Gasteiger partial charge in [-0.25, -0.2) is 0 Å². The molecule has 0 aliphatic carbocycles. The van der Waals surface area contributed by atoms with Crippen LogP contribution in [0.15, 0.2) is 23.1 Å². The van der Waals surface area contributed by atoms with Gasteiger partial charge in [0.05, 0.1) is 11.1 Å². The average molecular weight is 257 g/mol. The van der Waals surface area contributed by atoms with Crippen LogP contribution in [0, 0.1) is 0 Å². The summed E-state index contributed by atoms with van der Waals surface area (Å²) in [5.41, 5.74) is 0.591. The lowest BCUT2D eigenvalue weighted by atomic mass is 10.2. The van der Waals surface area contributed by atoms with Crippen LogP contribution in [0.2, 0.25) is 5.02 Å². The molecule has 1 heterocycles. The molecule has 86 valence electrons. The number of thioether (sulfide) groups is 1.